The number of hydrogen-bond acceptors (Lipinski definition) is 5. The first kappa shape index (κ1) is 18.4. The monoisotopic (exact) mass is 360 g/mol. The van der Waals surface area contributed by atoms with Gasteiger partial charge in [0.05, 0.1) is 6.54 Å². The molecule has 1 aromatic rings. The smallest absolute Gasteiger partial charge is 0.146 e. The lowest BCUT2D eigenvalue weighted by molar-refractivity contribution is 0.0920. The van der Waals surface area contributed by atoms with E-state index in [1.807, 2.05) is 0 Å². The molecule has 0 amide bonds. The first-order valence-corrected chi connectivity index (χ1v) is 10.7. The van der Waals surface area contributed by atoms with Crippen LogP contribution in [0.15, 0.2) is 0 Å². The van der Waals surface area contributed by atoms with Crippen molar-refractivity contribution in [3.63, 3.8) is 0 Å². The number of hydrogen-bond donors (Lipinski definition) is 0. The summed E-state index contributed by atoms with van der Waals surface area (Å²) in [5.41, 5.74) is 0. The number of rotatable bonds is 4. The van der Waals surface area contributed by atoms with Gasteiger partial charge in [0.2, 0.25) is 0 Å². The van der Waals surface area contributed by atoms with Crippen molar-refractivity contribution in [1.29, 1.82) is 0 Å². The fourth-order valence-corrected chi connectivity index (χ4v) is 5.09. The van der Waals surface area contributed by atoms with Crippen LogP contribution in [-0.2, 0) is 13.6 Å². The molecule has 6 heteroatoms. The largest absolute Gasteiger partial charge is 0.317 e. The van der Waals surface area contributed by atoms with Gasteiger partial charge in [-0.15, -0.1) is 10.2 Å². The van der Waals surface area contributed by atoms with E-state index in [1.54, 1.807) is 0 Å². The molecule has 146 valence electrons. The molecule has 3 fully saturated rings. The lowest BCUT2D eigenvalue weighted by Crippen LogP contribution is -2.47. The summed E-state index contributed by atoms with van der Waals surface area (Å²) in [4.78, 5) is 7.76. The zero-order valence-electron chi connectivity index (χ0n) is 16.7. The lowest BCUT2D eigenvalue weighted by Gasteiger charge is -2.41. The Balaban J connectivity index is 1.39. The number of likely N-dealkylation sites (tertiary alicyclic amines) is 3. The molecule has 0 aliphatic carbocycles. The van der Waals surface area contributed by atoms with E-state index in [0.717, 1.165) is 18.4 Å². The van der Waals surface area contributed by atoms with Gasteiger partial charge in [-0.05, 0) is 78.3 Å². The molecule has 26 heavy (non-hydrogen) atoms. The summed E-state index contributed by atoms with van der Waals surface area (Å²) < 4.78 is 2.30. The van der Waals surface area contributed by atoms with Gasteiger partial charge in [-0.3, -0.25) is 9.80 Å². The van der Waals surface area contributed by atoms with Gasteiger partial charge in [0.25, 0.3) is 0 Å². The van der Waals surface area contributed by atoms with Crippen LogP contribution in [0.2, 0.25) is 0 Å². The number of nitrogens with zero attached hydrogens (tertiary/aromatic N) is 6. The second-order valence-electron chi connectivity index (χ2n) is 8.74. The molecule has 0 saturated carbocycles. The summed E-state index contributed by atoms with van der Waals surface area (Å²) >= 11 is 0. The third kappa shape index (κ3) is 4.12. The molecule has 6 nitrogen and oxygen atoms in total. The second kappa shape index (κ2) is 8.36. The van der Waals surface area contributed by atoms with Crippen molar-refractivity contribution >= 4 is 0 Å². The maximum absolute atomic E-state index is 4.65. The van der Waals surface area contributed by atoms with Crippen LogP contribution >= 0.6 is 0 Å². The second-order valence-corrected chi connectivity index (χ2v) is 8.74. The molecule has 0 bridgehead atoms. The normalized spacial score (nSPS) is 27.8. The summed E-state index contributed by atoms with van der Waals surface area (Å²) in [5, 5.41) is 9.23. The van der Waals surface area contributed by atoms with E-state index in [0.29, 0.717) is 5.92 Å². The Morgan fingerprint density at radius 1 is 0.846 bits per heavy atom. The Kier molecular flexibility index (Phi) is 5.91. The van der Waals surface area contributed by atoms with Gasteiger partial charge in [0.1, 0.15) is 11.6 Å². The zero-order valence-corrected chi connectivity index (χ0v) is 16.7. The number of aromatic nitrogens is 3. The molecule has 4 heterocycles. The zero-order chi connectivity index (χ0) is 17.9. The molecule has 1 unspecified atom stereocenters. The van der Waals surface area contributed by atoms with E-state index in [9.17, 15) is 0 Å². The molecule has 1 aromatic heterocycles. The standard InChI is InChI=1S/C20H36N6/c1-23-13-8-18(9-14-23)26-12-6-7-17(15-26)20-22-21-19(24(20)2)16-25-10-4-3-5-11-25/h17-18H,3-16H2,1-2H3. The van der Waals surface area contributed by atoms with Crippen LogP contribution in [-0.4, -0.2) is 81.8 Å². The van der Waals surface area contributed by atoms with Gasteiger partial charge >= 0.3 is 0 Å². The fraction of sp³-hybridized carbons (Fsp3) is 0.900. The summed E-state index contributed by atoms with van der Waals surface area (Å²) in [6.07, 6.45) is 9.25. The molecule has 0 spiro atoms. The van der Waals surface area contributed by atoms with Crippen LogP contribution in [0.4, 0.5) is 0 Å². The summed E-state index contributed by atoms with van der Waals surface area (Å²) in [7, 11) is 4.43. The average molecular weight is 361 g/mol. The SMILES string of the molecule is CN1CCC(N2CCCC(c3nnc(CN4CCCCC4)n3C)C2)CC1. The molecular formula is C20H36N6. The van der Waals surface area contributed by atoms with Gasteiger partial charge in [0.15, 0.2) is 0 Å². The maximum atomic E-state index is 4.65. The fourth-order valence-electron chi connectivity index (χ4n) is 5.09. The van der Waals surface area contributed by atoms with Crippen molar-refractivity contribution in [2.24, 2.45) is 7.05 Å². The van der Waals surface area contributed by atoms with Crippen LogP contribution in [0.3, 0.4) is 0 Å². The van der Waals surface area contributed by atoms with Crippen molar-refractivity contribution in [3.05, 3.63) is 11.6 Å². The molecule has 3 aliphatic rings. The van der Waals surface area contributed by atoms with Crippen molar-refractivity contribution in [1.82, 2.24) is 29.5 Å². The minimum absolute atomic E-state index is 0.552. The van der Waals surface area contributed by atoms with E-state index in [2.05, 4.69) is 43.6 Å². The highest BCUT2D eigenvalue weighted by atomic mass is 15.3. The highest BCUT2D eigenvalue weighted by Gasteiger charge is 2.31. The van der Waals surface area contributed by atoms with Crippen molar-refractivity contribution in [2.75, 3.05) is 46.3 Å². The van der Waals surface area contributed by atoms with Gasteiger partial charge in [-0.25, -0.2) is 0 Å². The minimum atomic E-state index is 0.552. The van der Waals surface area contributed by atoms with E-state index < -0.39 is 0 Å². The Bertz CT molecular complexity index is 571. The molecular weight excluding hydrogens is 324 g/mol. The highest BCUT2D eigenvalue weighted by Crippen LogP contribution is 2.29. The van der Waals surface area contributed by atoms with Gasteiger partial charge in [-0.1, -0.05) is 6.42 Å². The molecule has 3 aliphatic heterocycles. The quantitative estimate of drug-likeness (QED) is 0.822. The Labute approximate surface area is 158 Å². The molecule has 0 aromatic carbocycles. The van der Waals surface area contributed by atoms with Crippen molar-refractivity contribution in [2.45, 2.75) is 63.5 Å². The summed E-state index contributed by atoms with van der Waals surface area (Å²) in [6, 6.07) is 0.773. The van der Waals surface area contributed by atoms with Crippen LogP contribution < -0.4 is 0 Å². The average Bonchev–Trinajstić information content (AvgIpc) is 3.04. The molecule has 0 radical (unpaired) electrons. The predicted molar refractivity (Wildman–Crippen MR) is 104 cm³/mol. The van der Waals surface area contributed by atoms with Crippen LogP contribution in [0.25, 0.3) is 0 Å². The van der Waals surface area contributed by atoms with Crippen LogP contribution in [0, 0.1) is 0 Å². The lowest BCUT2D eigenvalue weighted by atomic mass is 9.93. The van der Waals surface area contributed by atoms with Gasteiger partial charge in [-0.2, -0.15) is 0 Å². The predicted octanol–water partition coefficient (Wildman–Crippen LogP) is 2.07. The third-order valence-corrected chi connectivity index (χ3v) is 6.83. The molecule has 0 N–H and O–H groups in total. The Hall–Kier alpha value is -0.980. The highest BCUT2D eigenvalue weighted by molar-refractivity contribution is 5.04. The first-order valence-electron chi connectivity index (χ1n) is 10.7. The van der Waals surface area contributed by atoms with E-state index in [-0.39, 0.29) is 0 Å². The van der Waals surface area contributed by atoms with Gasteiger partial charge < -0.3 is 9.47 Å². The Morgan fingerprint density at radius 2 is 1.62 bits per heavy atom. The van der Waals surface area contributed by atoms with Crippen molar-refractivity contribution < 1.29 is 0 Å². The summed E-state index contributed by atoms with van der Waals surface area (Å²) in [6.45, 7) is 8.33. The summed E-state index contributed by atoms with van der Waals surface area (Å²) in [5.74, 6) is 2.92. The van der Waals surface area contributed by atoms with Crippen LogP contribution in [0.1, 0.15) is 62.5 Å². The maximum Gasteiger partial charge on any atom is 0.146 e. The van der Waals surface area contributed by atoms with E-state index in [1.165, 1.54) is 90.0 Å². The Morgan fingerprint density at radius 3 is 2.38 bits per heavy atom. The van der Waals surface area contributed by atoms with E-state index >= 15 is 0 Å². The number of piperidine rings is 3. The molecule has 3 saturated heterocycles. The molecule has 4 rings (SSSR count). The van der Waals surface area contributed by atoms with Gasteiger partial charge in [0, 0.05) is 25.6 Å². The van der Waals surface area contributed by atoms with Crippen molar-refractivity contribution in [3.8, 4) is 0 Å². The first-order chi connectivity index (χ1) is 12.7. The topological polar surface area (TPSA) is 40.4 Å². The van der Waals surface area contributed by atoms with Crippen LogP contribution in [0.5, 0.6) is 0 Å². The van der Waals surface area contributed by atoms with E-state index in [4.69, 9.17) is 0 Å². The molecule has 1 atom stereocenters. The third-order valence-electron chi connectivity index (χ3n) is 6.83. The minimum Gasteiger partial charge on any atom is -0.317 e.